The van der Waals surface area contributed by atoms with Gasteiger partial charge >= 0.3 is 0 Å². The summed E-state index contributed by atoms with van der Waals surface area (Å²) >= 11 is 6.37. The third kappa shape index (κ3) is 5.84. The molecular formula is C25H24BrN3O5S3. The normalized spacial score (nSPS) is 23.7. The minimum Gasteiger partial charge on any atom is -0.373 e. The van der Waals surface area contributed by atoms with Gasteiger partial charge in [-0.1, -0.05) is 47.7 Å². The Bertz CT molecular complexity index is 1410. The van der Waals surface area contributed by atoms with Gasteiger partial charge in [0.25, 0.3) is 16.0 Å². The molecule has 0 spiro atoms. The fourth-order valence-corrected chi connectivity index (χ4v) is 7.84. The van der Waals surface area contributed by atoms with Crippen molar-refractivity contribution in [3.8, 4) is 0 Å². The van der Waals surface area contributed by atoms with Crippen molar-refractivity contribution >= 4 is 60.2 Å². The number of amides is 1. The number of aromatic nitrogens is 1. The Labute approximate surface area is 232 Å². The largest absolute Gasteiger partial charge is 0.373 e. The van der Waals surface area contributed by atoms with E-state index in [0.717, 1.165) is 10.6 Å². The van der Waals surface area contributed by atoms with E-state index in [9.17, 15) is 13.2 Å². The van der Waals surface area contributed by atoms with Gasteiger partial charge in [0.1, 0.15) is 15.1 Å². The number of amidine groups is 1. The SMILES string of the molecule is Cc1ccc(S(=O)(=O)OC[C@@H]2CC3CSC(NC(=O)c4ccccc4)=N[C@@]3(c3nc(Br)cs3)CO2)cc1. The number of hydrogen-bond donors (Lipinski definition) is 1. The molecule has 0 aliphatic carbocycles. The first-order valence-corrected chi connectivity index (χ1v) is 15.6. The summed E-state index contributed by atoms with van der Waals surface area (Å²) < 4.78 is 37.5. The molecule has 5 rings (SSSR count). The van der Waals surface area contributed by atoms with Gasteiger partial charge in [0.2, 0.25) is 0 Å². The lowest BCUT2D eigenvalue weighted by atomic mass is 9.80. The van der Waals surface area contributed by atoms with Gasteiger partial charge in [0.15, 0.2) is 5.17 Å². The summed E-state index contributed by atoms with van der Waals surface area (Å²) in [4.78, 5) is 22.5. The molecule has 0 radical (unpaired) electrons. The van der Waals surface area contributed by atoms with E-state index in [0.29, 0.717) is 27.5 Å². The molecule has 0 bridgehead atoms. The average molecular weight is 623 g/mol. The number of rotatable bonds is 6. The Morgan fingerprint density at radius 3 is 2.68 bits per heavy atom. The van der Waals surface area contributed by atoms with Crippen LogP contribution in [0.4, 0.5) is 0 Å². The van der Waals surface area contributed by atoms with Gasteiger partial charge in [0.05, 0.1) is 24.2 Å². The van der Waals surface area contributed by atoms with Crippen molar-refractivity contribution in [2.45, 2.75) is 29.9 Å². The standard InChI is InChI=1S/C25H24BrN3O5S3/c1-16-7-9-20(10-8-16)37(31,32)34-12-19-11-18-13-36-24(28-22(30)17-5-3-2-4-6-17)29-25(18,15-33-19)23-27-21(26)14-35-23/h2-10,14,18-19H,11-13,15H2,1H3,(H,28,29,30)/t18?,19-,25-/m0/s1. The number of aryl methyl sites for hydroxylation is 1. The molecule has 1 aromatic heterocycles. The minimum absolute atomic E-state index is 0.0114. The molecular weight excluding hydrogens is 598 g/mol. The lowest BCUT2D eigenvalue weighted by Gasteiger charge is -2.44. The average Bonchev–Trinajstić information content (AvgIpc) is 3.35. The summed E-state index contributed by atoms with van der Waals surface area (Å²) in [7, 11) is -3.90. The molecule has 1 unspecified atom stereocenters. The topological polar surface area (TPSA) is 107 Å². The van der Waals surface area contributed by atoms with E-state index in [1.54, 1.807) is 24.3 Å². The quantitative estimate of drug-likeness (QED) is 0.396. The molecule has 1 saturated heterocycles. The highest BCUT2D eigenvalue weighted by Gasteiger charge is 2.50. The van der Waals surface area contributed by atoms with Crippen molar-refractivity contribution in [1.29, 1.82) is 0 Å². The third-order valence-electron chi connectivity index (χ3n) is 6.31. The van der Waals surface area contributed by atoms with Crippen LogP contribution in [0, 0.1) is 12.8 Å². The van der Waals surface area contributed by atoms with Crippen LogP contribution in [0.5, 0.6) is 0 Å². The second-order valence-corrected chi connectivity index (χ2v) is 13.2. The Kier molecular flexibility index (Phi) is 7.85. The molecule has 3 aromatic rings. The molecule has 3 atom stereocenters. The number of aliphatic imine (C=N–C) groups is 1. The van der Waals surface area contributed by atoms with Crippen molar-refractivity contribution in [1.82, 2.24) is 10.3 Å². The highest BCUT2D eigenvalue weighted by Crippen LogP contribution is 2.47. The van der Waals surface area contributed by atoms with Crippen molar-refractivity contribution in [2.75, 3.05) is 19.0 Å². The van der Waals surface area contributed by atoms with Crippen molar-refractivity contribution in [2.24, 2.45) is 10.9 Å². The third-order valence-corrected chi connectivity index (χ3v) is 10.4. The molecule has 1 amide bonds. The number of thiazole rings is 1. The van der Waals surface area contributed by atoms with Gasteiger partial charge in [-0.15, -0.1) is 11.3 Å². The summed E-state index contributed by atoms with van der Waals surface area (Å²) in [5.74, 6) is 0.442. The molecule has 37 heavy (non-hydrogen) atoms. The molecule has 12 heteroatoms. The van der Waals surface area contributed by atoms with E-state index in [4.69, 9.17) is 13.9 Å². The molecule has 1 fully saturated rings. The summed E-state index contributed by atoms with van der Waals surface area (Å²) in [5.41, 5.74) is 0.730. The van der Waals surface area contributed by atoms with Crippen LogP contribution < -0.4 is 5.32 Å². The number of nitrogens with one attached hydrogen (secondary N) is 1. The molecule has 194 valence electrons. The summed E-state index contributed by atoms with van der Waals surface area (Å²) in [5, 5.41) is 6.11. The number of thioether (sulfide) groups is 1. The van der Waals surface area contributed by atoms with Crippen LogP contribution >= 0.6 is 39.0 Å². The van der Waals surface area contributed by atoms with Crippen LogP contribution in [0.2, 0.25) is 0 Å². The van der Waals surface area contributed by atoms with Crippen molar-refractivity contribution in [3.63, 3.8) is 0 Å². The van der Waals surface area contributed by atoms with Gasteiger partial charge in [-0.05, 0) is 53.5 Å². The highest BCUT2D eigenvalue weighted by atomic mass is 79.9. The van der Waals surface area contributed by atoms with Crippen LogP contribution in [0.3, 0.4) is 0 Å². The fourth-order valence-electron chi connectivity index (χ4n) is 4.28. The summed E-state index contributed by atoms with van der Waals surface area (Å²) in [6, 6.07) is 15.5. The Morgan fingerprint density at radius 1 is 1.22 bits per heavy atom. The lowest BCUT2D eigenvalue weighted by Crippen LogP contribution is -2.51. The molecule has 3 heterocycles. The van der Waals surface area contributed by atoms with Crippen molar-refractivity contribution < 1.29 is 22.1 Å². The second-order valence-electron chi connectivity index (χ2n) is 8.87. The number of nitrogens with zero attached hydrogens (tertiary/aromatic N) is 2. The van der Waals surface area contributed by atoms with Gasteiger partial charge in [-0.25, -0.2) is 9.98 Å². The monoisotopic (exact) mass is 621 g/mol. The summed E-state index contributed by atoms with van der Waals surface area (Å²) in [6.45, 7) is 2.00. The maximum absolute atomic E-state index is 12.8. The number of benzene rings is 2. The first-order valence-electron chi connectivity index (χ1n) is 11.5. The van der Waals surface area contributed by atoms with Crippen molar-refractivity contribution in [3.05, 3.63) is 80.7 Å². The van der Waals surface area contributed by atoms with E-state index in [-0.39, 0.29) is 29.9 Å². The maximum atomic E-state index is 12.8. The van der Waals surface area contributed by atoms with Gasteiger partial charge < -0.3 is 10.1 Å². The number of carbonyl (C=O) groups is 1. The molecule has 8 nitrogen and oxygen atoms in total. The van der Waals surface area contributed by atoms with Crippen LogP contribution in [0.1, 0.15) is 27.3 Å². The van der Waals surface area contributed by atoms with Gasteiger partial charge in [-0.3, -0.25) is 8.98 Å². The number of halogens is 1. The Hall–Kier alpha value is -2.09. The Balaban J connectivity index is 1.33. The number of fused-ring (bicyclic) bond motifs is 1. The Morgan fingerprint density at radius 2 is 1.97 bits per heavy atom. The molecule has 2 aliphatic rings. The number of ether oxygens (including phenoxy) is 1. The van der Waals surface area contributed by atoms with Crippen LogP contribution in [-0.4, -0.2) is 49.5 Å². The van der Waals surface area contributed by atoms with Gasteiger partial charge in [0, 0.05) is 22.6 Å². The zero-order valence-corrected chi connectivity index (χ0v) is 23.8. The smallest absolute Gasteiger partial charge is 0.297 e. The zero-order chi connectivity index (χ0) is 26.0. The van der Waals surface area contributed by atoms with E-state index >= 15 is 0 Å². The van der Waals surface area contributed by atoms with Gasteiger partial charge in [-0.2, -0.15) is 8.42 Å². The first-order chi connectivity index (χ1) is 17.7. The number of carbonyl (C=O) groups excluding carboxylic acids is 1. The van der Waals surface area contributed by atoms with E-state index < -0.39 is 21.8 Å². The van der Waals surface area contributed by atoms with E-state index in [2.05, 4.69) is 26.2 Å². The van der Waals surface area contributed by atoms with E-state index in [1.165, 1.54) is 35.2 Å². The maximum Gasteiger partial charge on any atom is 0.297 e. The molecule has 0 saturated carbocycles. The van der Waals surface area contributed by atoms with Crippen LogP contribution in [-0.2, 0) is 24.6 Å². The number of hydrogen-bond acceptors (Lipinski definition) is 9. The lowest BCUT2D eigenvalue weighted by molar-refractivity contribution is -0.0715. The van der Waals surface area contributed by atoms with Crippen LogP contribution in [0.15, 0.2) is 74.5 Å². The highest BCUT2D eigenvalue weighted by molar-refractivity contribution is 9.10. The molecule has 2 aromatic carbocycles. The molecule has 1 N–H and O–H groups in total. The first kappa shape index (κ1) is 26.5. The zero-order valence-electron chi connectivity index (χ0n) is 19.8. The van der Waals surface area contributed by atoms with E-state index in [1.807, 2.05) is 30.5 Å². The van der Waals surface area contributed by atoms with Crippen LogP contribution in [0.25, 0.3) is 0 Å². The molecule has 2 aliphatic heterocycles. The minimum atomic E-state index is -3.90. The predicted molar refractivity (Wildman–Crippen MR) is 147 cm³/mol. The predicted octanol–water partition coefficient (Wildman–Crippen LogP) is 4.75. The summed E-state index contributed by atoms with van der Waals surface area (Å²) in [6.07, 6.45) is 0.120. The fraction of sp³-hybridized carbons (Fsp3) is 0.320. The second kappa shape index (κ2) is 11.0.